The van der Waals surface area contributed by atoms with Crippen LogP contribution >= 0.6 is 11.6 Å². The topological polar surface area (TPSA) is 92.4 Å². The van der Waals surface area contributed by atoms with E-state index in [2.05, 4.69) is 4.72 Å². The number of nitrogens with two attached hydrogens (primary N) is 1. The van der Waals surface area contributed by atoms with Gasteiger partial charge in [-0.3, -0.25) is 0 Å². The van der Waals surface area contributed by atoms with Gasteiger partial charge in [0.2, 0.25) is 10.0 Å². The lowest BCUT2D eigenvalue weighted by Crippen LogP contribution is -2.29. The van der Waals surface area contributed by atoms with E-state index in [0.717, 1.165) is 0 Å². The van der Waals surface area contributed by atoms with Crippen LogP contribution in [0.4, 0.5) is 5.69 Å². The van der Waals surface area contributed by atoms with Crippen LogP contribution in [-0.2, 0) is 10.0 Å². The Morgan fingerprint density at radius 3 is 2.78 bits per heavy atom. The molecule has 0 aromatic heterocycles. The Balaban J connectivity index is 2.83. The van der Waals surface area contributed by atoms with E-state index in [4.69, 9.17) is 22.4 Å². The first-order valence-corrected chi connectivity index (χ1v) is 7.38. The molecule has 1 atom stereocenters. The van der Waals surface area contributed by atoms with Gasteiger partial charge in [0, 0.05) is 18.8 Å². The highest BCUT2D eigenvalue weighted by atomic mass is 35.5. The molecule has 0 saturated heterocycles. The Morgan fingerprint density at radius 2 is 2.17 bits per heavy atom. The van der Waals surface area contributed by atoms with Gasteiger partial charge in [-0.25, -0.2) is 13.1 Å². The maximum atomic E-state index is 12.0. The van der Waals surface area contributed by atoms with Gasteiger partial charge < -0.3 is 10.8 Å². The van der Waals surface area contributed by atoms with Crippen LogP contribution in [0.25, 0.3) is 0 Å². The number of hydrogen-bond donors (Lipinski definition) is 3. The molecule has 0 aliphatic heterocycles. The number of sulfonamides is 1. The monoisotopic (exact) mass is 292 g/mol. The minimum Gasteiger partial charge on any atom is -0.399 e. The van der Waals surface area contributed by atoms with Gasteiger partial charge in [0.05, 0.1) is 5.02 Å². The van der Waals surface area contributed by atoms with Gasteiger partial charge in [0.15, 0.2) is 0 Å². The molecule has 18 heavy (non-hydrogen) atoms. The van der Waals surface area contributed by atoms with Crippen molar-refractivity contribution >= 4 is 27.3 Å². The molecule has 1 rings (SSSR count). The average Bonchev–Trinajstić information content (AvgIpc) is 2.30. The molecule has 0 aliphatic rings. The Labute approximate surface area is 112 Å². The fourth-order valence-corrected chi connectivity index (χ4v) is 3.08. The van der Waals surface area contributed by atoms with E-state index in [0.29, 0.717) is 12.1 Å². The quantitative estimate of drug-likeness (QED) is 0.687. The van der Waals surface area contributed by atoms with E-state index in [-0.39, 0.29) is 29.0 Å². The third kappa shape index (κ3) is 4.13. The Bertz CT molecular complexity index is 505. The van der Waals surface area contributed by atoms with E-state index in [1.165, 1.54) is 18.2 Å². The summed E-state index contributed by atoms with van der Waals surface area (Å²) < 4.78 is 26.4. The second-order valence-corrected chi connectivity index (χ2v) is 6.30. The molecule has 0 spiro atoms. The molecule has 0 heterocycles. The fourth-order valence-electron chi connectivity index (χ4n) is 1.38. The molecular formula is C11H17ClN2O3S. The van der Waals surface area contributed by atoms with Gasteiger partial charge >= 0.3 is 0 Å². The molecule has 1 unspecified atom stereocenters. The second kappa shape index (κ2) is 6.38. The van der Waals surface area contributed by atoms with Crippen LogP contribution in [0.3, 0.4) is 0 Å². The molecule has 5 nitrogen and oxygen atoms in total. The van der Waals surface area contributed by atoms with Crippen molar-refractivity contribution in [3.05, 3.63) is 23.2 Å². The number of aliphatic hydroxyl groups is 1. The molecular weight excluding hydrogens is 276 g/mol. The summed E-state index contributed by atoms with van der Waals surface area (Å²) in [4.78, 5) is -0.0274. The number of rotatable bonds is 6. The first kappa shape index (κ1) is 15.2. The molecule has 1 aromatic carbocycles. The Kier molecular flexibility index (Phi) is 5.40. The number of halogens is 1. The molecule has 0 saturated carbocycles. The zero-order valence-corrected chi connectivity index (χ0v) is 11.6. The maximum absolute atomic E-state index is 12.0. The van der Waals surface area contributed by atoms with Crippen LogP contribution in [0.15, 0.2) is 23.1 Å². The normalized spacial score (nSPS) is 13.5. The SMILES string of the molecule is CC(CCO)CNS(=O)(=O)c1cc(N)ccc1Cl. The van der Waals surface area contributed by atoms with Crippen LogP contribution in [-0.4, -0.2) is 26.7 Å². The van der Waals surface area contributed by atoms with Crippen molar-refractivity contribution in [1.29, 1.82) is 0 Å². The minimum absolute atomic E-state index is 0.0274. The van der Waals surface area contributed by atoms with Crippen LogP contribution in [0.1, 0.15) is 13.3 Å². The lowest BCUT2D eigenvalue weighted by atomic mass is 10.1. The number of anilines is 1. The molecule has 1 aromatic rings. The lowest BCUT2D eigenvalue weighted by molar-refractivity contribution is 0.263. The molecule has 7 heteroatoms. The van der Waals surface area contributed by atoms with E-state index in [1.54, 1.807) is 0 Å². The summed E-state index contributed by atoms with van der Waals surface area (Å²) in [6.45, 7) is 2.12. The van der Waals surface area contributed by atoms with Crippen molar-refractivity contribution in [2.45, 2.75) is 18.2 Å². The smallest absolute Gasteiger partial charge is 0.242 e. The Hall–Kier alpha value is -0.820. The molecule has 0 bridgehead atoms. The number of hydrogen-bond acceptors (Lipinski definition) is 4. The molecule has 0 aliphatic carbocycles. The van der Waals surface area contributed by atoms with Crippen molar-refractivity contribution in [1.82, 2.24) is 4.72 Å². The largest absolute Gasteiger partial charge is 0.399 e. The maximum Gasteiger partial charge on any atom is 0.242 e. The summed E-state index contributed by atoms with van der Waals surface area (Å²) in [6.07, 6.45) is 0.535. The number of aliphatic hydroxyl groups excluding tert-OH is 1. The van der Waals surface area contributed by atoms with Crippen LogP contribution in [0.2, 0.25) is 5.02 Å². The summed E-state index contributed by atoms with van der Waals surface area (Å²) in [5, 5.41) is 8.88. The Morgan fingerprint density at radius 1 is 1.50 bits per heavy atom. The zero-order chi connectivity index (χ0) is 13.8. The number of benzene rings is 1. The molecule has 4 N–H and O–H groups in total. The summed E-state index contributed by atoms with van der Waals surface area (Å²) >= 11 is 5.84. The van der Waals surface area contributed by atoms with Crippen LogP contribution < -0.4 is 10.5 Å². The first-order valence-electron chi connectivity index (χ1n) is 5.52. The highest BCUT2D eigenvalue weighted by molar-refractivity contribution is 7.89. The van der Waals surface area contributed by atoms with Crippen molar-refractivity contribution in [3.8, 4) is 0 Å². The molecule has 0 fully saturated rings. The standard InChI is InChI=1S/C11H17ClN2O3S/c1-8(4-5-15)7-14-18(16,17)11-6-9(13)2-3-10(11)12/h2-3,6,8,14-15H,4-5,7,13H2,1H3. The van der Waals surface area contributed by atoms with Crippen molar-refractivity contribution < 1.29 is 13.5 Å². The lowest BCUT2D eigenvalue weighted by Gasteiger charge is -2.12. The van der Waals surface area contributed by atoms with Crippen LogP contribution in [0.5, 0.6) is 0 Å². The molecule has 102 valence electrons. The van der Waals surface area contributed by atoms with Gasteiger partial charge in [-0.1, -0.05) is 18.5 Å². The molecule has 0 radical (unpaired) electrons. The highest BCUT2D eigenvalue weighted by Gasteiger charge is 2.18. The summed E-state index contributed by atoms with van der Waals surface area (Å²) in [7, 11) is -3.67. The van der Waals surface area contributed by atoms with E-state index >= 15 is 0 Å². The predicted molar refractivity (Wildman–Crippen MR) is 71.9 cm³/mol. The summed E-state index contributed by atoms with van der Waals surface area (Å²) in [6, 6.07) is 4.31. The highest BCUT2D eigenvalue weighted by Crippen LogP contribution is 2.23. The fraction of sp³-hybridized carbons (Fsp3) is 0.455. The van der Waals surface area contributed by atoms with Crippen molar-refractivity contribution in [2.24, 2.45) is 5.92 Å². The van der Waals surface area contributed by atoms with Gasteiger partial charge in [0.25, 0.3) is 0 Å². The number of nitrogen functional groups attached to an aromatic ring is 1. The third-order valence-corrected chi connectivity index (χ3v) is 4.39. The van der Waals surface area contributed by atoms with Gasteiger partial charge in [-0.15, -0.1) is 0 Å². The third-order valence-electron chi connectivity index (χ3n) is 2.49. The van der Waals surface area contributed by atoms with E-state index < -0.39 is 10.0 Å². The zero-order valence-electron chi connectivity index (χ0n) is 10.1. The van der Waals surface area contributed by atoms with Gasteiger partial charge in [-0.2, -0.15) is 0 Å². The van der Waals surface area contributed by atoms with Crippen molar-refractivity contribution in [2.75, 3.05) is 18.9 Å². The van der Waals surface area contributed by atoms with Gasteiger partial charge in [-0.05, 0) is 30.5 Å². The van der Waals surface area contributed by atoms with E-state index in [1.807, 2.05) is 6.92 Å². The van der Waals surface area contributed by atoms with Crippen molar-refractivity contribution in [3.63, 3.8) is 0 Å². The second-order valence-electron chi connectivity index (χ2n) is 4.16. The molecule has 0 amide bonds. The van der Waals surface area contributed by atoms with E-state index in [9.17, 15) is 8.42 Å². The summed E-state index contributed by atoms with van der Waals surface area (Å²) in [5.41, 5.74) is 5.88. The minimum atomic E-state index is -3.67. The average molecular weight is 293 g/mol. The first-order chi connectivity index (χ1) is 8.36. The van der Waals surface area contributed by atoms with Gasteiger partial charge in [0.1, 0.15) is 4.90 Å². The predicted octanol–water partition coefficient (Wildman–Crippen LogP) is 1.22. The van der Waals surface area contributed by atoms with Crippen LogP contribution in [0, 0.1) is 5.92 Å². The summed E-state index contributed by atoms with van der Waals surface area (Å²) in [5.74, 6) is 0.0459. The number of nitrogens with one attached hydrogen (secondary N) is 1.